The molecule has 0 aromatic carbocycles. The molecule has 0 radical (unpaired) electrons. The molecule has 0 fully saturated rings. The minimum Gasteiger partial charge on any atom is -0.477 e. The van der Waals surface area contributed by atoms with E-state index in [9.17, 15) is 4.79 Å². The maximum atomic E-state index is 11.8. The number of ether oxygens (including phenoxy) is 3. The average Bonchev–Trinajstić information content (AvgIpc) is 2.93. The summed E-state index contributed by atoms with van der Waals surface area (Å²) >= 11 is 1.70. The predicted molar refractivity (Wildman–Crippen MR) is 96.2 cm³/mol. The van der Waals surface area contributed by atoms with Crippen LogP contribution in [0.5, 0.6) is 5.88 Å². The molecular formula is C18H24N2O4S. The lowest BCUT2D eigenvalue weighted by Gasteiger charge is -2.24. The van der Waals surface area contributed by atoms with E-state index in [1.54, 1.807) is 30.5 Å². The third-order valence-electron chi connectivity index (χ3n) is 4.00. The van der Waals surface area contributed by atoms with E-state index in [2.05, 4.69) is 16.9 Å². The van der Waals surface area contributed by atoms with Gasteiger partial charge in [0.25, 0.3) is 0 Å². The highest BCUT2D eigenvalue weighted by Crippen LogP contribution is 2.20. The Labute approximate surface area is 152 Å². The Hall–Kier alpha value is -1.99. The van der Waals surface area contributed by atoms with Crippen molar-refractivity contribution in [2.45, 2.75) is 39.2 Å². The molecule has 136 valence electrons. The van der Waals surface area contributed by atoms with Crippen LogP contribution in [0.25, 0.3) is 0 Å². The molecule has 0 bridgehead atoms. The first-order valence-electron chi connectivity index (χ1n) is 8.02. The largest absolute Gasteiger partial charge is 0.477 e. The van der Waals surface area contributed by atoms with Gasteiger partial charge in [-0.1, -0.05) is 6.07 Å². The smallest absolute Gasteiger partial charge is 0.338 e. The molecule has 0 aliphatic rings. The number of hydrogen-bond acceptors (Lipinski definition) is 7. The van der Waals surface area contributed by atoms with Crippen LogP contribution in [0.2, 0.25) is 0 Å². The molecule has 0 aliphatic carbocycles. The third-order valence-corrected chi connectivity index (χ3v) is 4.92. The van der Waals surface area contributed by atoms with Crippen LogP contribution in [0.3, 0.4) is 0 Å². The zero-order valence-corrected chi connectivity index (χ0v) is 16.1. The van der Waals surface area contributed by atoms with E-state index in [-0.39, 0.29) is 0 Å². The van der Waals surface area contributed by atoms with E-state index in [1.165, 1.54) is 19.1 Å². The van der Waals surface area contributed by atoms with Gasteiger partial charge in [-0.25, -0.2) is 14.8 Å². The number of aryl methyl sites for hydroxylation is 2. The molecule has 25 heavy (non-hydrogen) atoms. The molecule has 0 saturated heterocycles. The van der Waals surface area contributed by atoms with Crippen LogP contribution in [-0.2, 0) is 27.1 Å². The SMILES string of the molecule is COC(=O)C(C)(Cc1ccc(OCCc2nc(C)sc2C)nc1)OC. The van der Waals surface area contributed by atoms with Crippen LogP contribution >= 0.6 is 11.3 Å². The summed E-state index contributed by atoms with van der Waals surface area (Å²) in [7, 11) is 2.84. The maximum absolute atomic E-state index is 11.8. The van der Waals surface area contributed by atoms with Crippen LogP contribution < -0.4 is 4.74 Å². The Kier molecular flexibility index (Phi) is 6.50. The van der Waals surface area contributed by atoms with Gasteiger partial charge in [-0.3, -0.25) is 0 Å². The predicted octanol–water partition coefficient (Wildman–Crippen LogP) is 2.90. The van der Waals surface area contributed by atoms with Crippen LogP contribution in [0.15, 0.2) is 18.3 Å². The third kappa shape index (κ3) is 4.99. The molecular weight excluding hydrogens is 340 g/mol. The van der Waals surface area contributed by atoms with Crippen molar-refractivity contribution in [3.8, 4) is 5.88 Å². The summed E-state index contributed by atoms with van der Waals surface area (Å²) in [4.78, 5) is 21.9. The molecule has 2 rings (SSSR count). The first-order chi connectivity index (χ1) is 11.9. The number of pyridine rings is 1. The molecule has 6 nitrogen and oxygen atoms in total. The fourth-order valence-electron chi connectivity index (χ4n) is 2.49. The molecule has 0 saturated carbocycles. The number of nitrogens with zero attached hydrogens (tertiary/aromatic N) is 2. The van der Waals surface area contributed by atoms with Crippen molar-refractivity contribution in [3.05, 3.63) is 39.5 Å². The van der Waals surface area contributed by atoms with E-state index in [0.29, 0.717) is 18.9 Å². The first-order valence-corrected chi connectivity index (χ1v) is 8.84. The molecule has 7 heteroatoms. The van der Waals surface area contributed by atoms with Crippen LogP contribution in [0.1, 0.15) is 28.1 Å². The Balaban J connectivity index is 1.91. The molecule has 1 atom stereocenters. The number of esters is 1. The first kappa shape index (κ1) is 19.3. The molecule has 0 spiro atoms. The molecule has 2 aromatic heterocycles. The minimum atomic E-state index is -1.03. The van der Waals surface area contributed by atoms with Gasteiger partial charge in [0.05, 0.1) is 24.4 Å². The fourth-order valence-corrected chi connectivity index (χ4v) is 3.35. The standard InChI is InChI=1S/C18H24N2O4S/c1-12-15(20-13(2)25-12)8-9-24-16-7-6-14(11-19-16)10-18(3,23-5)17(21)22-4/h6-7,11H,8-10H2,1-5H3. The average molecular weight is 364 g/mol. The lowest BCUT2D eigenvalue weighted by Crippen LogP contribution is -2.40. The highest BCUT2D eigenvalue weighted by atomic mass is 32.1. The molecule has 0 N–H and O–H groups in total. The van der Waals surface area contributed by atoms with Crippen molar-refractivity contribution in [2.24, 2.45) is 0 Å². The van der Waals surface area contributed by atoms with E-state index in [0.717, 1.165) is 22.7 Å². The summed E-state index contributed by atoms with van der Waals surface area (Å²) in [6, 6.07) is 3.67. The van der Waals surface area contributed by atoms with Crippen molar-refractivity contribution < 1.29 is 19.0 Å². The highest BCUT2D eigenvalue weighted by molar-refractivity contribution is 7.11. The van der Waals surface area contributed by atoms with Crippen molar-refractivity contribution >= 4 is 17.3 Å². The number of aromatic nitrogens is 2. The lowest BCUT2D eigenvalue weighted by atomic mass is 9.97. The number of carbonyl (C=O) groups excluding carboxylic acids is 1. The lowest BCUT2D eigenvalue weighted by molar-refractivity contribution is -0.163. The van der Waals surface area contributed by atoms with Gasteiger partial charge < -0.3 is 14.2 Å². The molecule has 0 aliphatic heterocycles. The monoisotopic (exact) mass is 364 g/mol. The number of rotatable bonds is 8. The molecule has 2 heterocycles. The highest BCUT2D eigenvalue weighted by Gasteiger charge is 2.34. The number of methoxy groups -OCH3 is 2. The number of carbonyl (C=O) groups is 1. The van der Waals surface area contributed by atoms with Gasteiger partial charge >= 0.3 is 5.97 Å². The van der Waals surface area contributed by atoms with Gasteiger partial charge in [-0.15, -0.1) is 11.3 Å². The normalized spacial score (nSPS) is 13.3. The summed E-state index contributed by atoms with van der Waals surface area (Å²) in [6.45, 7) is 6.29. The maximum Gasteiger partial charge on any atom is 0.338 e. The molecule has 2 aromatic rings. The summed E-state index contributed by atoms with van der Waals surface area (Å²) in [5, 5.41) is 1.07. The zero-order valence-electron chi connectivity index (χ0n) is 15.3. The van der Waals surface area contributed by atoms with E-state index in [1.807, 2.05) is 13.0 Å². The van der Waals surface area contributed by atoms with Gasteiger partial charge in [-0.2, -0.15) is 0 Å². The number of hydrogen-bond donors (Lipinski definition) is 0. The zero-order chi connectivity index (χ0) is 18.4. The van der Waals surface area contributed by atoms with E-state index in [4.69, 9.17) is 14.2 Å². The molecule has 1 unspecified atom stereocenters. The van der Waals surface area contributed by atoms with Crippen molar-refractivity contribution in [2.75, 3.05) is 20.8 Å². The Morgan fingerprint density at radius 1 is 1.28 bits per heavy atom. The van der Waals surface area contributed by atoms with Crippen LogP contribution in [-0.4, -0.2) is 42.4 Å². The van der Waals surface area contributed by atoms with Gasteiger partial charge in [0, 0.05) is 37.1 Å². The Morgan fingerprint density at radius 3 is 2.56 bits per heavy atom. The number of thiazole rings is 1. The quantitative estimate of drug-likeness (QED) is 0.671. The summed E-state index contributed by atoms with van der Waals surface area (Å²) in [5.41, 5.74) is 0.917. The topological polar surface area (TPSA) is 70.5 Å². The van der Waals surface area contributed by atoms with Crippen molar-refractivity contribution in [3.63, 3.8) is 0 Å². The fraction of sp³-hybridized carbons (Fsp3) is 0.500. The Bertz CT molecular complexity index is 714. The van der Waals surface area contributed by atoms with Crippen LogP contribution in [0, 0.1) is 13.8 Å². The summed E-state index contributed by atoms with van der Waals surface area (Å²) in [5.74, 6) is 0.134. The minimum absolute atomic E-state index is 0.376. The summed E-state index contributed by atoms with van der Waals surface area (Å²) < 4.78 is 15.8. The second kappa shape index (κ2) is 8.40. The second-order valence-electron chi connectivity index (χ2n) is 5.94. The van der Waals surface area contributed by atoms with E-state index >= 15 is 0 Å². The van der Waals surface area contributed by atoms with E-state index < -0.39 is 11.6 Å². The van der Waals surface area contributed by atoms with Gasteiger partial charge in [0.1, 0.15) is 0 Å². The van der Waals surface area contributed by atoms with Gasteiger partial charge in [-0.05, 0) is 26.3 Å². The second-order valence-corrected chi connectivity index (χ2v) is 7.35. The van der Waals surface area contributed by atoms with Gasteiger partial charge in [0.2, 0.25) is 5.88 Å². The van der Waals surface area contributed by atoms with Gasteiger partial charge in [0.15, 0.2) is 5.60 Å². The molecule has 0 amide bonds. The summed E-state index contributed by atoms with van der Waals surface area (Å²) in [6.07, 6.45) is 2.82. The Morgan fingerprint density at radius 2 is 2.04 bits per heavy atom. The van der Waals surface area contributed by atoms with Crippen molar-refractivity contribution in [1.29, 1.82) is 0 Å². The van der Waals surface area contributed by atoms with Crippen LogP contribution in [0.4, 0.5) is 0 Å². The van der Waals surface area contributed by atoms with Crippen molar-refractivity contribution in [1.82, 2.24) is 9.97 Å².